The fourth-order valence-electron chi connectivity index (χ4n) is 0.823. The van der Waals surface area contributed by atoms with Gasteiger partial charge in [-0.3, -0.25) is 0 Å². The van der Waals surface area contributed by atoms with E-state index in [9.17, 15) is 13.2 Å². The molecule has 0 fully saturated rings. The second-order valence-electron chi connectivity index (χ2n) is 2.76. The highest BCUT2D eigenvalue weighted by Crippen LogP contribution is 2.27. The molecule has 0 amide bonds. The van der Waals surface area contributed by atoms with Crippen LogP contribution < -0.4 is 0 Å². The minimum Gasteiger partial charge on any atom is -0.166 e. The normalized spacial score (nSPS) is 14.1. The summed E-state index contributed by atoms with van der Waals surface area (Å²) in [5.74, 6) is 0. The molecule has 0 aromatic carbocycles. The average molecular weight is 192 g/mol. The van der Waals surface area contributed by atoms with E-state index in [1.54, 1.807) is 0 Å². The molecule has 0 aromatic heterocycles. The van der Waals surface area contributed by atoms with Crippen molar-refractivity contribution in [3.8, 4) is 0 Å². The minimum absolute atomic E-state index is 0.475. The number of allylic oxidation sites excluding steroid dienone is 4. The highest BCUT2D eigenvalue weighted by atomic mass is 19.4. The molecular formula is C10H15F3. The minimum atomic E-state index is -4.21. The fraction of sp³-hybridized carbons (Fsp3) is 0.600. The Balaban J connectivity index is 4.46. The van der Waals surface area contributed by atoms with E-state index < -0.39 is 11.7 Å². The Morgan fingerprint density at radius 2 is 1.85 bits per heavy atom. The van der Waals surface area contributed by atoms with Gasteiger partial charge in [0.2, 0.25) is 0 Å². The van der Waals surface area contributed by atoms with Crippen molar-refractivity contribution in [3.63, 3.8) is 0 Å². The van der Waals surface area contributed by atoms with Crippen LogP contribution in [0.15, 0.2) is 23.8 Å². The Labute approximate surface area is 77.1 Å². The van der Waals surface area contributed by atoms with E-state index in [1.165, 1.54) is 12.2 Å². The van der Waals surface area contributed by atoms with Crippen molar-refractivity contribution in [1.29, 1.82) is 0 Å². The van der Waals surface area contributed by atoms with Crippen LogP contribution in [0, 0.1) is 0 Å². The largest absolute Gasteiger partial charge is 0.416 e. The lowest BCUT2D eigenvalue weighted by atomic mass is 10.1. The van der Waals surface area contributed by atoms with Gasteiger partial charge < -0.3 is 0 Å². The number of rotatable bonds is 4. The highest BCUT2D eigenvalue weighted by Gasteiger charge is 2.30. The standard InChI is InChI=1S/C10H15F3/c1-3-5-7-9(8-6-4-2)10(11,12)13/h5,7-8H,3-4,6H2,1-2H3/b7-5+,9-8+. The first kappa shape index (κ1) is 12.3. The first-order valence-corrected chi connectivity index (χ1v) is 4.46. The number of hydrogen-bond donors (Lipinski definition) is 0. The number of hydrogen-bond acceptors (Lipinski definition) is 0. The molecule has 0 aromatic rings. The molecule has 0 unspecified atom stereocenters. The first-order chi connectivity index (χ1) is 6.02. The smallest absolute Gasteiger partial charge is 0.166 e. The van der Waals surface area contributed by atoms with Crippen LogP contribution in [-0.4, -0.2) is 6.18 Å². The third-order valence-corrected chi connectivity index (χ3v) is 1.51. The molecule has 0 rings (SSSR count). The predicted octanol–water partition coefficient (Wildman–Crippen LogP) is 4.24. The fourth-order valence-corrected chi connectivity index (χ4v) is 0.823. The summed E-state index contributed by atoms with van der Waals surface area (Å²) in [6, 6.07) is 0. The molecule has 0 radical (unpaired) electrons. The maximum atomic E-state index is 12.2. The summed E-state index contributed by atoms with van der Waals surface area (Å²) >= 11 is 0. The van der Waals surface area contributed by atoms with Gasteiger partial charge in [-0.15, -0.1) is 0 Å². The Morgan fingerprint density at radius 3 is 2.23 bits per heavy atom. The van der Waals surface area contributed by atoms with E-state index in [0.717, 1.165) is 12.5 Å². The molecule has 0 atom stereocenters. The van der Waals surface area contributed by atoms with E-state index in [1.807, 2.05) is 13.8 Å². The third kappa shape index (κ3) is 5.50. The zero-order chi connectivity index (χ0) is 10.3. The predicted molar refractivity (Wildman–Crippen MR) is 48.5 cm³/mol. The molecule has 13 heavy (non-hydrogen) atoms. The van der Waals surface area contributed by atoms with Gasteiger partial charge in [0.15, 0.2) is 0 Å². The lowest BCUT2D eigenvalue weighted by Crippen LogP contribution is -2.09. The number of halogens is 3. The van der Waals surface area contributed by atoms with Gasteiger partial charge in [0.25, 0.3) is 0 Å². The van der Waals surface area contributed by atoms with Gasteiger partial charge in [-0.25, -0.2) is 0 Å². The topological polar surface area (TPSA) is 0 Å². The van der Waals surface area contributed by atoms with Crippen LogP contribution in [0.4, 0.5) is 13.2 Å². The van der Waals surface area contributed by atoms with Crippen LogP contribution in [0.5, 0.6) is 0 Å². The molecule has 0 N–H and O–H groups in total. The van der Waals surface area contributed by atoms with Gasteiger partial charge in [0.1, 0.15) is 0 Å². The zero-order valence-corrected chi connectivity index (χ0v) is 7.99. The molecule has 0 spiro atoms. The van der Waals surface area contributed by atoms with Crippen LogP contribution in [0.3, 0.4) is 0 Å². The van der Waals surface area contributed by atoms with Gasteiger partial charge in [-0.05, 0) is 12.8 Å². The van der Waals surface area contributed by atoms with Crippen LogP contribution in [-0.2, 0) is 0 Å². The van der Waals surface area contributed by atoms with Crippen molar-refractivity contribution in [2.24, 2.45) is 0 Å². The van der Waals surface area contributed by atoms with Crippen molar-refractivity contribution in [2.75, 3.05) is 0 Å². The Kier molecular flexibility index (Phi) is 5.51. The lowest BCUT2D eigenvalue weighted by Gasteiger charge is -2.06. The summed E-state index contributed by atoms with van der Waals surface area (Å²) < 4.78 is 36.7. The van der Waals surface area contributed by atoms with Crippen molar-refractivity contribution >= 4 is 0 Å². The average Bonchev–Trinajstić information content (AvgIpc) is 2.02. The Bertz CT molecular complexity index is 187. The van der Waals surface area contributed by atoms with Gasteiger partial charge in [0.05, 0.1) is 5.57 Å². The summed E-state index contributed by atoms with van der Waals surface area (Å²) in [5, 5.41) is 0. The van der Waals surface area contributed by atoms with Gasteiger partial charge in [-0.2, -0.15) is 13.2 Å². The maximum Gasteiger partial charge on any atom is 0.416 e. The molecule has 0 saturated carbocycles. The SMILES string of the molecule is CC/C=C/C(=C\CCC)C(F)(F)F. The van der Waals surface area contributed by atoms with Crippen LogP contribution in [0.1, 0.15) is 33.1 Å². The molecule has 0 aliphatic carbocycles. The third-order valence-electron chi connectivity index (χ3n) is 1.51. The summed E-state index contributed by atoms with van der Waals surface area (Å²) in [7, 11) is 0. The van der Waals surface area contributed by atoms with E-state index in [2.05, 4.69) is 0 Å². The molecule has 0 nitrogen and oxygen atoms in total. The molecule has 0 heterocycles. The molecular weight excluding hydrogens is 177 g/mol. The molecule has 0 aliphatic rings. The van der Waals surface area contributed by atoms with Crippen molar-refractivity contribution < 1.29 is 13.2 Å². The molecule has 76 valence electrons. The van der Waals surface area contributed by atoms with Crippen LogP contribution in [0.2, 0.25) is 0 Å². The second kappa shape index (κ2) is 5.84. The van der Waals surface area contributed by atoms with Crippen molar-refractivity contribution in [3.05, 3.63) is 23.8 Å². The number of unbranched alkanes of at least 4 members (excludes halogenated alkanes) is 1. The van der Waals surface area contributed by atoms with Crippen LogP contribution in [0.25, 0.3) is 0 Å². The summed E-state index contributed by atoms with van der Waals surface area (Å²) in [6.07, 6.45) is 1.54. The quantitative estimate of drug-likeness (QED) is 0.584. The summed E-state index contributed by atoms with van der Waals surface area (Å²) in [5.41, 5.74) is -0.531. The Morgan fingerprint density at radius 1 is 1.23 bits per heavy atom. The summed E-state index contributed by atoms with van der Waals surface area (Å²) in [6.45, 7) is 3.67. The highest BCUT2D eigenvalue weighted by molar-refractivity contribution is 5.23. The van der Waals surface area contributed by atoms with Gasteiger partial charge in [0, 0.05) is 0 Å². The first-order valence-electron chi connectivity index (χ1n) is 4.46. The van der Waals surface area contributed by atoms with E-state index in [0.29, 0.717) is 12.8 Å². The second-order valence-corrected chi connectivity index (χ2v) is 2.76. The van der Waals surface area contributed by atoms with E-state index in [-0.39, 0.29) is 0 Å². The zero-order valence-electron chi connectivity index (χ0n) is 7.99. The molecule has 0 bridgehead atoms. The molecule has 0 saturated heterocycles. The van der Waals surface area contributed by atoms with E-state index >= 15 is 0 Å². The molecule has 0 aliphatic heterocycles. The molecule has 3 heteroatoms. The van der Waals surface area contributed by atoms with Gasteiger partial charge in [-0.1, -0.05) is 38.5 Å². The lowest BCUT2D eigenvalue weighted by molar-refractivity contribution is -0.0884. The van der Waals surface area contributed by atoms with Gasteiger partial charge >= 0.3 is 6.18 Å². The van der Waals surface area contributed by atoms with Crippen molar-refractivity contribution in [1.82, 2.24) is 0 Å². The maximum absolute atomic E-state index is 12.2. The van der Waals surface area contributed by atoms with E-state index in [4.69, 9.17) is 0 Å². The summed E-state index contributed by atoms with van der Waals surface area (Å²) in [4.78, 5) is 0. The Hall–Kier alpha value is -0.730. The monoisotopic (exact) mass is 192 g/mol. The number of alkyl halides is 3. The van der Waals surface area contributed by atoms with Crippen molar-refractivity contribution in [2.45, 2.75) is 39.3 Å². The van der Waals surface area contributed by atoms with Crippen LogP contribution >= 0.6 is 0 Å².